The molecule has 0 radical (unpaired) electrons. The third-order valence-corrected chi connectivity index (χ3v) is 13.3. The van der Waals surface area contributed by atoms with Gasteiger partial charge in [0.1, 0.15) is 0 Å². The molecule has 2 heterocycles. The quantitative estimate of drug-likeness (QED) is 0.492. The lowest BCUT2D eigenvalue weighted by molar-refractivity contribution is -0.107. The lowest BCUT2D eigenvalue weighted by Crippen LogP contribution is -2.55. The highest BCUT2D eigenvalue weighted by atomic mass is 32.2. The van der Waals surface area contributed by atoms with Gasteiger partial charge in [-0.25, -0.2) is 0 Å². The van der Waals surface area contributed by atoms with Crippen molar-refractivity contribution in [1.29, 1.82) is 0 Å². The Morgan fingerprint density at radius 3 is 2.30 bits per heavy atom. The van der Waals surface area contributed by atoms with Crippen LogP contribution in [0.5, 0.6) is 0 Å². The molecule has 2 spiro atoms. The monoisotopic (exact) mass is 348 g/mol. The van der Waals surface area contributed by atoms with Crippen molar-refractivity contribution in [1.82, 2.24) is 0 Å². The smallest absolute Gasteiger partial charge is 0.0307 e. The molecule has 6 aliphatic rings. The minimum Gasteiger partial charge on any atom is -0.153 e. The van der Waals surface area contributed by atoms with Crippen molar-refractivity contribution in [2.75, 3.05) is 11.5 Å². The summed E-state index contributed by atoms with van der Waals surface area (Å²) in [6.07, 6.45) is 14.1. The second kappa shape index (κ2) is 4.33. The highest BCUT2D eigenvalue weighted by molar-refractivity contribution is 8.08. The Labute approximate surface area is 150 Å². The van der Waals surface area contributed by atoms with Crippen LogP contribution in [0.25, 0.3) is 0 Å². The number of rotatable bonds is 0. The van der Waals surface area contributed by atoms with E-state index in [0.29, 0.717) is 10.8 Å². The van der Waals surface area contributed by atoms with Gasteiger partial charge in [0, 0.05) is 21.0 Å². The molecule has 0 N–H and O–H groups in total. The van der Waals surface area contributed by atoms with Crippen molar-refractivity contribution in [3.05, 3.63) is 0 Å². The van der Waals surface area contributed by atoms with Gasteiger partial charge in [0.05, 0.1) is 0 Å². The molecule has 0 nitrogen and oxygen atoms in total. The van der Waals surface area contributed by atoms with Gasteiger partial charge in [0.25, 0.3) is 0 Å². The van der Waals surface area contributed by atoms with Crippen molar-refractivity contribution in [3.8, 4) is 0 Å². The van der Waals surface area contributed by atoms with Crippen LogP contribution in [0.15, 0.2) is 0 Å². The summed E-state index contributed by atoms with van der Waals surface area (Å²) in [7, 11) is 0. The van der Waals surface area contributed by atoms with E-state index in [1.54, 1.807) is 57.8 Å². The fraction of sp³-hybridized carbons (Fsp3) is 1.00. The summed E-state index contributed by atoms with van der Waals surface area (Å²) in [5.74, 6) is 7.32. The van der Waals surface area contributed by atoms with E-state index < -0.39 is 0 Å². The second-order valence-electron chi connectivity index (χ2n) is 10.6. The Balaban J connectivity index is 1.32. The van der Waals surface area contributed by atoms with E-state index in [9.17, 15) is 0 Å². The number of hydrogen-bond donors (Lipinski definition) is 0. The maximum atomic E-state index is 2.74. The van der Waals surface area contributed by atoms with Gasteiger partial charge in [-0.3, -0.25) is 0 Å². The number of hydrogen-bond acceptors (Lipinski definition) is 2. The van der Waals surface area contributed by atoms with Crippen molar-refractivity contribution in [3.63, 3.8) is 0 Å². The van der Waals surface area contributed by atoms with Gasteiger partial charge < -0.3 is 0 Å². The van der Waals surface area contributed by atoms with Gasteiger partial charge in [0.15, 0.2) is 0 Å². The maximum Gasteiger partial charge on any atom is 0.0307 e. The van der Waals surface area contributed by atoms with Gasteiger partial charge in [-0.05, 0) is 92.3 Å². The predicted molar refractivity (Wildman–Crippen MR) is 102 cm³/mol. The lowest BCUT2D eigenvalue weighted by Gasteiger charge is -2.61. The minimum atomic E-state index is 0.713. The summed E-state index contributed by atoms with van der Waals surface area (Å²) in [5, 5.41) is 0. The molecule has 23 heavy (non-hydrogen) atoms. The van der Waals surface area contributed by atoms with Crippen LogP contribution in [-0.2, 0) is 0 Å². The first-order valence-corrected chi connectivity index (χ1v) is 12.3. The molecule has 8 atom stereocenters. The SMILES string of the molecule is C[C@]12CC[C@]3(CS3)CC1CCC1C2CC[C@@]2(C)C1CC[C@]21CS1. The third-order valence-electron chi connectivity index (χ3n) is 10.1. The molecular formula is C21H32S2. The molecule has 0 bridgehead atoms. The molecule has 0 aromatic rings. The van der Waals surface area contributed by atoms with Crippen LogP contribution < -0.4 is 0 Å². The fourth-order valence-corrected chi connectivity index (χ4v) is 10.9. The summed E-state index contributed by atoms with van der Waals surface area (Å²) >= 11 is 4.62. The largest absolute Gasteiger partial charge is 0.153 e. The van der Waals surface area contributed by atoms with Crippen LogP contribution in [0.3, 0.4) is 0 Å². The molecule has 0 aromatic carbocycles. The molecule has 6 rings (SSSR count). The van der Waals surface area contributed by atoms with Crippen LogP contribution in [0.2, 0.25) is 0 Å². The van der Waals surface area contributed by atoms with E-state index in [0.717, 1.165) is 33.2 Å². The van der Waals surface area contributed by atoms with Gasteiger partial charge in [0.2, 0.25) is 0 Å². The van der Waals surface area contributed by atoms with Crippen LogP contribution >= 0.6 is 23.5 Å². The van der Waals surface area contributed by atoms with Crippen LogP contribution in [0.4, 0.5) is 0 Å². The number of thioether (sulfide) groups is 2. The zero-order valence-electron chi connectivity index (χ0n) is 14.9. The average Bonchev–Trinajstić information content (AvgIpc) is 3.43. The van der Waals surface area contributed by atoms with Crippen molar-refractivity contribution >= 4 is 23.5 Å². The lowest BCUT2D eigenvalue weighted by atomic mass is 9.44. The maximum absolute atomic E-state index is 2.74. The Morgan fingerprint density at radius 1 is 0.783 bits per heavy atom. The van der Waals surface area contributed by atoms with E-state index in [4.69, 9.17) is 0 Å². The van der Waals surface area contributed by atoms with Gasteiger partial charge >= 0.3 is 0 Å². The summed E-state index contributed by atoms with van der Waals surface area (Å²) in [4.78, 5) is 0. The Hall–Kier alpha value is 0.700. The first kappa shape index (κ1) is 14.8. The van der Waals surface area contributed by atoms with Crippen molar-refractivity contribution < 1.29 is 0 Å². The molecule has 2 saturated heterocycles. The normalized spacial score (nSPS) is 66.0. The van der Waals surface area contributed by atoms with E-state index in [-0.39, 0.29) is 0 Å². The second-order valence-corrected chi connectivity index (χ2v) is 13.4. The highest BCUT2D eigenvalue weighted by Gasteiger charge is 2.69. The average molecular weight is 349 g/mol. The fourth-order valence-electron chi connectivity index (χ4n) is 8.33. The van der Waals surface area contributed by atoms with Crippen molar-refractivity contribution in [2.45, 2.75) is 81.1 Å². The Morgan fingerprint density at radius 2 is 1.57 bits per heavy atom. The Kier molecular flexibility index (Phi) is 2.79. The van der Waals surface area contributed by atoms with Crippen LogP contribution in [-0.4, -0.2) is 21.0 Å². The molecule has 2 heteroatoms. The summed E-state index contributed by atoms with van der Waals surface area (Å²) < 4.78 is 1.53. The molecule has 4 unspecified atom stereocenters. The van der Waals surface area contributed by atoms with E-state index in [2.05, 4.69) is 37.4 Å². The Bertz CT molecular complexity index is 548. The summed E-state index contributed by atoms with van der Waals surface area (Å²) in [5.41, 5.74) is 1.43. The molecule has 4 aliphatic carbocycles. The standard InChI is InChI=1S/C21H32S2/c1-18-9-10-20(12-22-20)11-14(18)3-4-15-16(18)5-7-19(2)17(15)6-8-21(19)13-23-21/h14-17H,3-13H2,1-2H3/t14?,15?,16?,17?,18-,19-,20+,21-/m0/s1. The van der Waals surface area contributed by atoms with Crippen LogP contribution in [0.1, 0.15) is 71.6 Å². The third kappa shape index (κ3) is 1.74. The molecule has 2 aliphatic heterocycles. The molecule has 128 valence electrons. The zero-order chi connectivity index (χ0) is 15.5. The topological polar surface area (TPSA) is 0 Å². The first-order valence-electron chi connectivity index (χ1n) is 10.3. The first-order chi connectivity index (χ1) is 11.0. The van der Waals surface area contributed by atoms with Crippen molar-refractivity contribution in [2.24, 2.45) is 34.5 Å². The molecule has 0 aromatic heterocycles. The molecule has 4 saturated carbocycles. The summed E-state index contributed by atoms with van der Waals surface area (Å²) in [6, 6.07) is 0. The molecular weight excluding hydrogens is 316 g/mol. The van der Waals surface area contributed by atoms with Gasteiger partial charge in [-0.1, -0.05) is 13.8 Å². The van der Waals surface area contributed by atoms with Gasteiger partial charge in [-0.2, -0.15) is 23.5 Å². The van der Waals surface area contributed by atoms with E-state index >= 15 is 0 Å². The molecule has 0 amide bonds. The van der Waals surface area contributed by atoms with E-state index in [1.807, 2.05) is 0 Å². The number of fused-ring (bicyclic) bond motifs is 6. The predicted octanol–water partition coefficient (Wildman–Crippen LogP) is 6.00. The van der Waals surface area contributed by atoms with E-state index in [1.165, 1.54) is 11.5 Å². The highest BCUT2D eigenvalue weighted by Crippen LogP contribution is 2.76. The van der Waals surface area contributed by atoms with Crippen LogP contribution in [0, 0.1) is 34.5 Å². The zero-order valence-corrected chi connectivity index (χ0v) is 16.5. The molecule has 6 fully saturated rings. The minimum absolute atomic E-state index is 0.713. The van der Waals surface area contributed by atoms with Gasteiger partial charge in [-0.15, -0.1) is 0 Å². The summed E-state index contributed by atoms with van der Waals surface area (Å²) in [6.45, 7) is 5.46.